The Kier molecular flexibility index (Phi) is 4.01. The van der Waals surface area contributed by atoms with E-state index < -0.39 is 10.0 Å². The highest BCUT2D eigenvalue weighted by Crippen LogP contribution is 2.11. The summed E-state index contributed by atoms with van der Waals surface area (Å²) in [5.74, 6) is 2.24. The van der Waals surface area contributed by atoms with E-state index >= 15 is 0 Å². The molecule has 1 aromatic heterocycles. The molecule has 0 bridgehead atoms. The summed E-state index contributed by atoms with van der Waals surface area (Å²) in [6, 6.07) is 2.84. The van der Waals surface area contributed by atoms with Crippen LogP contribution < -0.4 is 0 Å². The van der Waals surface area contributed by atoms with Crippen molar-refractivity contribution in [2.45, 2.75) is 11.6 Å². The molecule has 0 radical (unpaired) electrons. The van der Waals surface area contributed by atoms with Gasteiger partial charge in [-0.15, -0.1) is 6.42 Å². The van der Waals surface area contributed by atoms with Crippen LogP contribution in [0.2, 0.25) is 0 Å². The van der Waals surface area contributed by atoms with E-state index in [4.69, 9.17) is 11.5 Å². The van der Waals surface area contributed by atoms with Gasteiger partial charge in [0.1, 0.15) is 0 Å². The van der Waals surface area contributed by atoms with Gasteiger partial charge in [-0.2, -0.15) is 4.31 Å². The van der Waals surface area contributed by atoms with Gasteiger partial charge in [-0.25, -0.2) is 13.4 Å². The fourth-order valence-electron chi connectivity index (χ4n) is 1.03. The van der Waals surface area contributed by atoms with E-state index in [0.717, 1.165) is 4.31 Å². The number of aliphatic hydroxyl groups excluding tert-OH is 1. The highest BCUT2D eigenvalue weighted by molar-refractivity contribution is 7.89. The van der Waals surface area contributed by atoms with Crippen molar-refractivity contribution in [3.63, 3.8) is 0 Å². The van der Waals surface area contributed by atoms with Crippen LogP contribution in [0.15, 0.2) is 23.4 Å². The molecule has 0 aliphatic heterocycles. The van der Waals surface area contributed by atoms with Crippen molar-refractivity contribution < 1.29 is 13.5 Å². The van der Waals surface area contributed by atoms with Gasteiger partial charge in [0.15, 0.2) is 5.03 Å². The summed E-state index contributed by atoms with van der Waals surface area (Å²) in [5.41, 5.74) is 0.554. The Bertz CT molecular complexity index is 488. The van der Waals surface area contributed by atoms with Gasteiger partial charge in [-0.3, -0.25) is 0 Å². The molecule has 0 unspecified atom stereocenters. The first-order chi connectivity index (χ1) is 7.52. The summed E-state index contributed by atoms with van der Waals surface area (Å²) in [4.78, 5) is 3.77. The molecule has 0 fully saturated rings. The quantitative estimate of drug-likeness (QED) is 0.742. The molecule has 1 rings (SSSR count). The molecule has 0 saturated heterocycles. The van der Waals surface area contributed by atoms with Gasteiger partial charge in [0.2, 0.25) is 0 Å². The van der Waals surface area contributed by atoms with Crippen molar-refractivity contribution >= 4 is 10.0 Å². The van der Waals surface area contributed by atoms with Gasteiger partial charge in [0, 0.05) is 13.2 Å². The van der Waals surface area contributed by atoms with Crippen molar-refractivity contribution in [2.24, 2.45) is 0 Å². The van der Waals surface area contributed by atoms with E-state index in [1.165, 1.54) is 25.4 Å². The SMILES string of the molecule is C#CCN(C)S(=O)(=O)c1ccc(CO)cn1. The highest BCUT2D eigenvalue weighted by atomic mass is 32.2. The Morgan fingerprint density at radius 1 is 1.56 bits per heavy atom. The number of sulfonamides is 1. The molecule has 0 spiro atoms. The Labute approximate surface area is 94.8 Å². The van der Waals surface area contributed by atoms with Crippen LogP contribution in [0.25, 0.3) is 0 Å². The highest BCUT2D eigenvalue weighted by Gasteiger charge is 2.20. The molecule has 0 aliphatic carbocycles. The Morgan fingerprint density at radius 3 is 2.69 bits per heavy atom. The molecule has 1 heterocycles. The maximum Gasteiger partial charge on any atom is 0.261 e. The van der Waals surface area contributed by atoms with Crippen LogP contribution in [0.3, 0.4) is 0 Å². The zero-order valence-corrected chi connectivity index (χ0v) is 9.61. The average molecular weight is 240 g/mol. The molecule has 86 valence electrons. The van der Waals surface area contributed by atoms with Gasteiger partial charge in [-0.05, 0) is 11.6 Å². The molecule has 0 aliphatic rings. The summed E-state index contributed by atoms with van der Waals surface area (Å²) in [5, 5.41) is 8.72. The third-order valence-electron chi connectivity index (χ3n) is 1.97. The number of hydrogen-bond donors (Lipinski definition) is 1. The Balaban J connectivity index is 3.04. The predicted octanol–water partition coefficient (Wildman–Crippen LogP) is -0.172. The number of nitrogens with zero attached hydrogens (tertiary/aromatic N) is 2. The van der Waals surface area contributed by atoms with E-state index in [1.807, 2.05) is 0 Å². The van der Waals surface area contributed by atoms with E-state index in [2.05, 4.69) is 10.9 Å². The first-order valence-electron chi connectivity index (χ1n) is 4.48. The van der Waals surface area contributed by atoms with E-state index in [1.54, 1.807) is 0 Å². The monoisotopic (exact) mass is 240 g/mol. The molecule has 1 aromatic rings. The fraction of sp³-hybridized carbons (Fsp3) is 0.300. The Hall–Kier alpha value is -1.42. The first kappa shape index (κ1) is 12.6. The summed E-state index contributed by atoms with van der Waals surface area (Å²) >= 11 is 0. The minimum Gasteiger partial charge on any atom is -0.392 e. The van der Waals surface area contributed by atoms with Crippen molar-refractivity contribution in [1.82, 2.24) is 9.29 Å². The standard InChI is InChI=1S/C10H12N2O3S/c1-3-6-12(2)16(14,15)10-5-4-9(8-13)7-11-10/h1,4-5,7,13H,6,8H2,2H3. The topological polar surface area (TPSA) is 70.5 Å². The normalized spacial score (nSPS) is 11.4. The molecule has 16 heavy (non-hydrogen) atoms. The molecule has 0 aromatic carbocycles. The van der Waals surface area contributed by atoms with E-state index in [0.29, 0.717) is 5.56 Å². The average Bonchev–Trinajstić information content (AvgIpc) is 2.29. The molecular formula is C10H12N2O3S. The third-order valence-corrected chi connectivity index (χ3v) is 3.69. The van der Waals surface area contributed by atoms with Crippen LogP contribution in [-0.4, -0.2) is 36.4 Å². The molecule has 0 amide bonds. The van der Waals surface area contributed by atoms with Crippen LogP contribution in [0.4, 0.5) is 0 Å². The summed E-state index contributed by atoms with van der Waals surface area (Å²) in [6.07, 6.45) is 6.36. The van der Waals surface area contributed by atoms with Gasteiger partial charge in [0.05, 0.1) is 13.2 Å². The van der Waals surface area contributed by atoms with Crippen molar-refractivity contribution in [3.05, 3.63) is 23.9 Å². The molecule has 0 atom stereocenters. The van der Waals surface area contributed by atoms with Crippen LogP contribution in [0.5, 0.6) is 0 Å². The van der Waals surface area contributed by atoms with Gasteiger partial charge in [-0.1, -0.05) is 12.0 Å². The largest absolute Gasteiger partial charge is 0.392 e. The smallest absolute Gasteiger partial charge is 0.261 e. The van der Waals surface area contributed by atoms with Gasteiger partial charge in [0.25, 0.3) is 10.0 Å². The minimum atomic E-state index is -3.63. The first-order valence-corrected chi connectivity index (χ1v) is 5.92. The zero-order valence-electron chi connectivity index (χ0n) is 8.79. The third kappa shape index (κ3) is 2.58. The zero-order chi connectivity index (χ0) is 12.2. The lowest BCUT2D eigenvalue weighted by molar-refractivity contribution is 0.281. The second-order valence-electron chi connectivity index (χ2n) is 3.13. The lowest BCUT2D eigenvalue weighted by Gasteiger charge is -2.13. The van der Waals surface area contributed by atoms with Crippen LogP contribution in [-0.2, 0) is 16.6 Å². The second kappa shape index (κ2) is 5.07. The lowest BCUT2D eigenvalue weighted by Crippen LogP contribution is -2.27. The number of hydrogen-bond acceptors (Lipinski definition) is 4. The van der Waals surface area contributed by atoms with Crippen molar-refractivity contribution in [2.75, 3.05) is 13.6 Å². The maximum absolute atomic E-state index is 11.8. The molecule has 5 nitrogen and oxygen atoms in total. The summed E-state index contributed by atoms with van der Waals surface area (Å²) in [7, 11) is -2.24. The maximum atomic E-state index is 11.8. The minimum absolute atomic E-state index is 0.00817. The molecule has 0 saturated carbocycles. The van der Waals surface area contributed by atoms with Crippen molar-refractivity contribution in [3.8, 4) is 12.3 Å². The van der Waals surface area contributed by atoms with E-state index in [9.17, 15) is 8.42 Å². The van der Waals surface area contributed by atoms with Crippen LogP contribution in [0.1, 0.15) is 5.56 Å². The fourth-order valence-corrected chi connectivity index (χ4v) is 2.02. The van der Waals surface area contributed by atoms with Crippen LogP contribution >= 0.6 is 0 Å². The van der Waals surface area contributed by atoms with Crippen molar-refractivity contribution in [1.29, 1.82) is 0 Å². The summed E-state index contributed by atoms with van der Waals surface area (Å²) in [6.45, 7) is -0.181. The number of terminal acetylenes is 1. The van der Waals surface area contributed by atoms with E-state index in [-0.39, 0.29) is 18.2 Å². The molecule has 6 heteroatoms. The molecular weight excluding hydrogens is 228 g/mol. The van der Waals surface area contributed by atoms with Gasteiger partial charge < -0.3 is 5.11 Å². The number of aliphatic hydroxyl groups is 1. The predicted molar refractivity (Wildman–Crippen MR) is 58.8 cm³/mol. The van der Waals surface area contributed by atoms with Crippen LogP contribution in [0, 0.1) is 12.3 Å². The summed E-state index contributed by atoms with van der Waals surface area (Å²) < 4.78 is 24.7. The number of pyridine rings is 1. The lowest BCUT2D eigenvalue weighted by atomic mass is 10.3. The molecule has 1 N–H and O–H groups in total. The Morgan fingerprint density at radius 2 is 2.25 bits per heavy atom. The second-order valence-corrected chi connectivity index (χ2v) is 5.12. The number of aromatic nitrogens is 1. The van der Waals surface area contributed by atoms with Gasteiger partial charge >= 0.3 is 0 Å². The number of rotatable bonds is 4.